The van der Waals surface area contributed by atoms with Gasteiger partial charge in [0.2, 0.25) is 10.0 Å². The van der Waals surface area contributed by atoms with E-state index in [9.17, 15) is 8.42 Å². The molecule has 0 radical (unpaired) electrons. The van der Waals surface area contributed by atoms with Gasteiger partial charge in [-0.2, -0.15) is 0 Å². The molecule has 3 aliphatic rings. The second kappa shape index (κ2) is 14.1. The highest BCUT2D eigenvalue weighted by atomic mass is 127. The normalized spacial score (nSPS) is 26.0. The van der Waals surface area contributed by atoms with Gasteiger partial charge in [-0.25, -0.2) is 13.1 Å². The topological polar surface area (TPSA) is 95.5 Å². The molecule has 0 aromatic rings. The fourth-order valence-corrected chi connectivity index (χ4v) is 5.20. The van der Waals surface area contributed by atoms with Crippen LogP contribution in [0.3, 0.4) is 0 Å². The molecule has 3 aliphatic heterocycles. The Balaban J connectivity index is 0.00000341. The minimum absolute atomic E-state index is 0. The number of morpholine rings is 1. The minimum atomic E-state index is -3.35. The van der Waals surface area contributed by atoms with E-state index in [0.717, 1.165) is 90.7 Å². The Labute approximate surface area is 204 Å². The highest BCUT2D eigenvalue weighted by Crippen LogP contribution is 2.18. The van der Waals surface area contributed by atoms with Gasteiger partial charge in [0.25, 0.3) is 0 Å². The first-order chi connectivity index (χ1) is 14.6. The van der Waals surface area contributed by atoms with Crippen LogP contribution in [0.2, 0.25) is 0 Å². The smallest absolute Gasteiger partial charge is 0.213 e. The van der Waals surface area contributed by atoms with Gasteiger partial charge in [-0.3, -0.25) is 9.89 Å². The lowest BCUT2D eigenvalue weighted by molar-refractivity contribution is 0.0200. The van der Waals surface area contributed by atoms with Crippen LogP contribution in [0.1, 0.15) is 32.6 Å². The van der Waals surface area contributed by atoms with Crippen molar-refractivity contribution in [2.45, 2.75) is 38.7 Å². The van der Waals surface area contributed by atoms with E-state index in [4.69, 9.17) is 9.47 Å². The molecule has 0 bridgehead atoms. The summed E-state index contributed by atoms with van der Waals surface area (Å²) in [6, 6.07) is 0. The Kier molecular flexibility index (Phi) is 12.3. The molecule has 31 heavy (non-hydrogen) atoms. The Bertz CT molecular complexity index is 639. The maximum Gasteiger partial charge on any atom is 0.213 e. The molecule has 3 fully saturated rings. The van der Waals surface area contributed by atoms with Crippen molar-refractivity contribution in [2.24, 2.45) is 10.9 Å². The predicted octanol–water partition coefficient (Wildman–Crippen LogP) is 0.713. The molecule has 182 valence electrons. The summed E-state index contributed by atoms with van der Waals surface area (Å²) in [5.41, 5.74) is 0. The van der Waals surface area contributed by atoms with Crippen LogP contribution in [0.15, 0.2) is 4.99 Å². The fourth-order valence-electron chi connectivity index (χ4n) is 4.28. The second-order valence-corrected chi connectivity index (χ2v) is 10.3. The molecule has 0 aromatic carbocycles. The third-order valence-electron chi connectivity index (χ3n) is 5.97. The maximum atomic E-state index is 12.3. The lowest BCUT2D eigenvalue weighted by atomic mass is 10.1. The molecule has 3 saturated heterocycles. The zero-order valence-electron chi connectivity index (χ0n) is 18.8. The zero-order valence-corrected chi connectivity index (χ0v) is 21.9. The number of likely N-dealkylation sites (tertiary alicyclic amines) is 1. The Morgan fingerprint density at radius 2 is 1.94 bits per heavy atom. The summed E-state index contributed by atoms with van der Waals surface area (Å²) in [6.07, 6.45) is 4.23. The van der Waals surface area contributed by atoms with Gasteiger partial charge in [0.15, 0.2) is 5.96 Å². The average Bonchev–Trinajstić information content (AvgIpc) is 3.21. The molecule has 11 heteroatoms. The Morgan fingerprint density at radius 1 is 1.13 bits per heavy atom. The molecule has 2 atom stereocenters. The Hall–Kier alpha value is -0.210. The first-order valence-corrected chi connectivity index (χ1v) is 13.1. The van der Waals surface area contributed by atoms with Crippen molar-refractivity contribution in [1.82, 2.24) is 19.8 Å². The summed E-state index contributed by atoms with van der Waals surface area (Å²) in [6.45, 7) is 10.9. The van der Waals surface area contributed by atoms with E-state index < -0.39 is 10.0 Å². The van der Waals surface area contributed by atoms with Gasteiger partial charge in [0.05, 0.1) is 31.6 Å². The SMILES string of the molecule is CCNC(=NCCS(=O)(=O)NCC1CCCCO1)N1CCC(CN2CCOCC2)C1.I. The molecule has 0 spiro atoms. The summed E-state index contributed by atoms with van der Waals surface area (Å²) >= 11 is 0. The number of nitrogens with zero attached hydrogens (tertiary/aromatic N) is 3. The van der Waals surface area contributed by atoms with Crippen LogP contribution in [0.4, 0.5) is 0 Å². The molecule has 0 aromatic heterocycles. The van der Waals surface area contributed by atoms with Gasteiger partial charge >= 0.3 is 0 Å². The summed E-state index contributed by atoms with van der Waals surface area (Å²) in [5, 5.41) is 3.33. The molecule has 2 N–H and O–H groups in total. The van der Waals surface area contributed by atoms with Crippen LogP contribution >= 0.6 is 24.0 Å². The van der Waals surface area contributed by atoms with Crippen molar-refractivity contribution in [3.63, 3.8) is 0 Å². The van der Waals surface area contributed by atoms with Crippen LogP contribution < -0.4 is 10.0 Å². The summed E-state index contributed by atoms with van der Waals surface area (Å²) in [5.74, 6) is 1.44. The molecule has 0 saturated carbocycles. The number of guanidine groups is 1. The van der Waals surface area contributed by atoms with Gasteiger partial charge in [-0.05, 0) is 38.5 Å². The maximum absolute atomic E-state index is 12.3. The molecule has 9 nitrogen and oxygen atoms in total. The van der Waals surface area contributed by atoms with Gasteiger partial charge in [0, 0.05) is 52.4 Å². The summed E-state index contributed by atoms with van der Waals surface area (Å²) in [4.78, 5) is 9.35. The Morgan fingerprint density at radius 3 is 2.65 bits per heavy atom. The standard InChI is InChI=1S/C20H39N5O4S.HI/c1-2-21-20(25-8-6-18(17-25)16-24-9-12-28-13-10-24)22-7-14-30(26,27)23-15-19-5-3-4-11-29-19;/h18-19,23H,2-17H2,1H3,(H,21,22);1H. The molecule has 2 unspecified atom stereocenters. The quantitative estimate of drug-likeness (QED) is 0.239. The minimum Gasteiger partial charge on any atom is -0.379 e. The number of hydrogen-bond donors (Lipinski definition) is 2. The molecule has 3 rings (SSSR count). The van der Waals surface area contributed by atoms with E-state index in [1.807, 2.05) is 6.92 Å². The first kappa shape index (κ1) is 27.0. The molecule has 0 aliphatic carbocycles. The van der Waals surface area contributed by atoms with E-state index in [1.165, 1.54) is 0 Å². The largest absolute Gasteiger partial charge is 0.379 e. The monoisotopic (exact) mass is 573 g/mol. The summed E-state index contributed by atoms with van der Waals surface area (Å²) in [7, 11) is -3.35. The van der Waals surface area contributed by atoms with Crippen LogP contribution in [0.25, 0.3) is 0 Å². The number of nitrogens with one attached hydrogen (secondary N) is 2. The molecule has 3 heterocycles. The molecular formula is C20H40IN5O4S. The van der Waals surface area contributed by atoms with Gasteiger partial charge in [-0.15, -0.1) is 24.0 Å². The lowest BCUT2D eigenvalue weighted by Crippen LogP contribution is -2.42. The number of halogens is 1. The van der Waals surface area contributed by atoms with Gasteiger partial charge < -0.3 is 19.7 Å². The van der Waals surface area contributed by atoms with Crippen molar-refractivity contribution < 1.29 is 17.9 Å². The van der Waals surface area contributed by atoms with Crippen LogP contribution in [0.5, 0.6) is 0 Å². The van der Waals surface area contributed by atoms with Crippen molar-refractivity contribution in [2.75, 3.05) is 77.9 Å². The van der Waals surface area contributed by atoms with Crippen molar-refractivity contribution >= 4 is 40.0 Å². The van der Waals surface area contributed by atoms with Gasteiger partial charge in [0.1, 0.15) is 0 Å². The molecule has 0 amide bonds. The second-order valence-electron chi connectivity index (χ2n) is 8.41. The van der Waals surface area contributed by atoms with Crippen LogP contribution in [-0.2, 0) is 19.5 Å². The van der Waals surface area contributed by atoms with Crippen LogP contribution in [0, 0.1) is 5.92 Å². The number of rotatable bonds is 9. The highest BCUT2D eigenvalue weighted by Gasteiger charge is 2.27. The van der Waals surface area contributed by atoms with Crippen molar-refractivity contribution in [3.8, 4) is 0 Å². The van der Waals surface area contributed by atoms with E-state index in [-0.39, 0.29) is 42.4 Å². The lowest BCUT2D eigenvalue weighted by Gasteiger charge is -2.29. The van der Waals surface area contributed by atoms with Crippen molar-refractivity contribution in [3.05, 3.63) is 0 Å². The highest BCUT2D eigenvalue weighted by molar-refractivity contribution is 14.0. The van der Waals surface area contributed by atoms with Gasteiger partial charge in [-0.1, -0.05) is 0 Å². The molecular weight excluding hydrogens is 533 g/mol. The number of aliphatic imine (C=N–C) groups is 1. The number of ether oxygens (including phenoxy) is 2. The number of hydrogen-bond acceptors (Lipinski definition) is 6. The van der Waals surface area contributed by atoms with Crippen LogP contribution in [-0.4, -0.2) is 108 Å². The van der Waals surface area contributed by atoms with E-state index in [0.29, 0.717) is 12.5 Å². The third kappa shape index (κ3) is 9.66. The van der Waals surface area contributed by atoms with E-state index in [1.54, 1.807) is 0 Å². The van der Waals surface area contributed by atoms with E-state index >= 15 is 0 Å². The first-order valence-electron chi connectivity index (χ1n) is 11.5. The average molecular weight is 574 g/mol. The summed E-state index contributed by atoms with van der Waals surface area (Å²) < 4.78 is 38.4. The van der Waals surface area contributed by atoms with Crippen molar-refractivity contribution in [1.29, 1.82) is 0 Å². The predicted molar refractivity (Wildman–Crippen MR) is 134 cm³/mol. The zero-order chi connectivity index (χ0) is 21.2. The third-order valence-corrected chi connectivity index (χ3v) is 7.29. The van der Waals surface area contributed by atoms with E-state index in [2.05, 4.69) is 24.8 Å². The number of sulfonamides is 1. The fraction of sp³-hybridized carbons (Fsp3) is 0.950.